The summed E-state index contributed by atoms with van der Waals surface area (Å²) >= 11 is 0. The normalized spacial score (nSPS) is 23.2. The van der Waals surface area contributed by atoms with Crippen molar-refractivity contribution in [2.45, 2.75) is 41.0 Å². The molecule has 2 saturated heterocycles. The van der Waals surface area contributed by atoms with Crippen molar-refractivity contribution in [3.63, 3.8) is 0 Å². The molecular formula is C22H43IN6O2. The molecule has 2 N–H and O–H groups in total. The average Bonchev–Trinajstić information content (AvgIpc) is 2.67. The summed E-state index contributed by atoms with van der Waals surface area (Å²) in [5.41, 5.74) is -0.375. The van der Waals surface area contributed by atoms with Gasteiger partial charge in [-0.2, -0.15) is 0 Å². The fourth-order valence-electron chi connectivity index (χ4n) is 4.22. The second-order valence-corrected chi connectivity index (χ2v) is 9.99. The van der Waals surface area contributed by atoms with Crippen molar-refractivity contribution in [2.75, 3.05) is 66.0 Å². The fraction of sp³-hybridized carbons (Fsp3) is 0.864. The highest BCUT2D eigenvalue weighted by molar-refractivity contribution is 14.0. The van der Waals surface area contributed by atoms with E-state index in [1.165, 1.54) is 6.42 Å². The first-order chi connectivity index (χ1) is 14.1. The summed E-state index contributed by atoms with van der Waals surface area (Å²) in [6, 6.07) is 0. The van der Waals surface area contributed by atoms with Crippen molar-refractivity contribution in [3.05, 3.63) is 0 Å². The van der Waals surface area contributed by atoms with Crippen LogP contribution in [0.3, 0.4) is 0 Å². The van der Waals surface area contributed by atoms with E-state index in [0.29, 0.717) is 31.5 Å². The molecule has 2 aliphatic rings. The molecule has 2 aliphatic heterocycles. The molecule has 2 unspecified atom stereocenters. The van der Waals surface area contributed by atoms with Gasteiger partial charge in [0.1, 0.15) is 0 Å². The van der Waals surface area contributed by atoms with Gasteiger partial charge in [-0.15, -0.1) is 24.0 Å². The van der Waals surface area contributed by atoms with Crippen LogP contribution in [0.2, 0.25) is 0 Å². The third-order valence-corrected chi connectivity index (χ3v) is 5.84. The Kier molecular flexibility index (Phi) is 11.5. The van der Waals surface area contributed by atoms with Crippen LogP contribution >= 0.6 is 24.0 Å². The van der Waals surface area contributed by atoms with Crippen molar-refractivity contribution < 1.29 is 9.59 Å². The lowest BCUT2D eigenvalue weighted by Crippen LogP contribution is -2.55. The molecule has 180 valence electrons. The number of nitrogens with zero attached hydrogens (tertiary/aromatic N) is 4. The number of piperazine rings is 1. The predicted octanol–water partition coefficient (Wildman–Crippen LogP) is 1.46. The molecule has 31 heavy (non-hydrogen) atoms. The molecule has 0 saturated carbocycles. The Balaban J connectivity index is 0.00000480. The van der Waals surface area contributed by atoms with Gasteiger partial charge in [-0.3, -0.25) is 19.5 Å². The molecule has 0 aromatic heterocycles. The lowest BCUT2D eigenvalue weighted by molar-refractivity contribution is -0.135. The van der Waals surface area contributed by atoms with Crippen LogP contribution in [0.15, 0.2) is 4.99 Å². The Morgan fingerprint density at radius 2 is 1.48 bits per heavy atom. The lowest BCUT2D eigenvalue weighted by atomic mass is 9.92. The van der Waals surface area contributed by atoms with Crippen LogP contribution in [-0.2, 0) is 9.59 Å². The SMILES string of the molecule is CN=C(NCCNC(=O)C(C)(C)C)N1CCN(CC(=O)N2CC(C)CC(C)C2)CC1.I. The van der Waals surface area contributed by atoms with Crippen LogP contribution in [0.4, 0.5) is 0 Å². The van der Waals surface area contributed by atoms with Gasteiger partial charge in [0.05, 0.1) is 6.54 Å². The maximum Gasteiger partial charge on any atom is 0.236 e. The molecule has 2 heterocycles. The zero-order chi connectivity index (χ0) is 22.3. The number of piperidine rings is 1. The van der Waals surface area contributed by atoms with Crippen LogP contribution in [0.1, 0.15) is 41.0 Å². The minimum Gasteiger partial charge on any atom is -0.354 e. The summed E-state index contributed by atoms with van der Waals surface area (Å²) in [5.74, 6) is 2.35. The molecule has 0 bridgehead atoms. The number of guanidine groups is 1. The molecule has 9 heteroatoms. The van der Waals surface area contributed by atoms with Crippen LogP contribution in [0.25, 0.3) is 0 Å². The first kappa shape index (κ1) is 27.9. The molecule has 8 nitrogen and oxygen atoms in total. The largest absolute Gasteiger partial charge is 0.354 e. The molecule has 2 amide bonds. The minimum atomic E-state index is -0.375. The maximum absolute atomic E-state index is 12.7. The van der Waals surface area contributed by atoms with E-state index in [0.717, 1.165) is 45.2 Å². The van der Waals surface area contributed by atoms with Gasteiger partial charge in [0.25, 0.3) is 0 Å². The smallest absolute Gasteiger partial charge is 0.236 e. The third kappa shape index (κ3) is 9.11. The van der Waals surface area contributed by atoms with Crippen molar-refractivity contribution in [2.24, 2.45) is 22.2 Å². The second-order valence-electron chi connectivity index (χ2n) is 9.99. The number of amides is 2. The Morgan fingerprint density at radius 1 is 0.935 bits per heavy atom. The predicted molar refractivity (Wildman–Crippen MR) is 137 cm³/mol. The number of carbonyl (C=O) groups excluding carboxylic acids is 2. The average molecular weight is 551 g/mol. The summed E-state index contributed by atoms with van der Waals surface area (Å²) in [4.78, 5) is 35.6. The number of rotatable bonds is 5. The van der Waals surface area contributed by atoms with Gasteiger partial charge < -0.3 is 20.4 Å². The van der Waals surface area contributed by atoms with Crippen LogP contribution in [-0.4, -0.2) is 98.4 Å². The van der Waals surface area contributed by atoms with E-state index in [4.69, 9.17) is 0 Å². The Morgan fingerprint density at radius 3 is 2.00 bits per heavy atom. The number of carbonyl (C=O) groups is 2. The topological polar surface area (TPSA) is 80.3 Å². The first-order valence-corrected chi connectivity index (χ1v) is 11.3. The highest BCUT2D eigenvalue weighted by Gasteiger charge is 2.28. The number of hydrogen-bond donors (Lipinski definition) is 2. The number of likely N-dealkylation sites (tertiary alicyclic amines) is 1. The molecule has 2 fully saturated rings. The zero-order valence-electron chi connectivity index (χ0n) is 20.2. The van der Waals surface area contributed by atoms with E-state index in [-0.39, 0.29) is 41.2 Å². The van der Waals surface area contributed by atoms with Gasteiger partial charge in [0.2, 0.25) is 11.8 Å². The highest BCUT2D eigenvalue weighted by atomic mass is 127. The van der Waals surface area contributed by atoms with E-state index in [1.807, 2.05) is 20.8 Å². The van der Waals surface area contributed by atoms with E-state index in [1.54, 1.807) is 7.05 Å². The van der Waals surface area contributed by atoms with Gasteiger partial charge >= 0.3 is 0 Å². The van der Waals surface area contributed by atoms with Gasteiger partial charge in [-0.05, 0) is 18.3 Å². The summed E-state index contributed by atoms with van der Waals surface area (Å²) in [7, 11) is 1.78. The molecule has 0 aliphatic carbocycles. The maximum atomic E-state index is 12.7. The van der Waals surface area contributed by atoms with Crippen molar-refractivity contribution in [1.82, 2.24) is 25.3 Å². The number of aliphatic imine (C=N–C) groups is 1. The minimum absolute atomic E-state index is 0. The number of hydrogen-bond acceptors (Lipinski definition) is 4. The molecule has 0 aromatic carbocycles. The molecule has 0 aromatic rings. The monoisotopic (exact) mass is 550 g/mol. The first-order valence-electron chi connectivity index (χ1n) is 11.3. The summed E-state index contributed by atoms with van der Waals surface area (Å²) in [6.45, 7) is 17.1. The summed E-state index contributed by atoms with van der Waals surface area (Å²) < 4.78 is 0. The fourth-order valence-corrected chi connectivity index (χ4v) is 4.22. The number of halogens is 1. The van der Waals surface area contributed by atoms with Gasteiger partial charge in [-0.25, -0.2) is 0 Å². The van der Waals surface area contributed by atoms with E-state index in [2.05, 4.69) is 44.2 Å². The Bertz CT molecular complexity index is 604. The van der Waals surface area contributed by atoms with Crippen LogP contribution in [0, 0.1) is 17.3 Å². The Labute approximate surface area is 205 Å². The molecule has 2 atom stereocenters. The van der Waals surface area contributed by atoms with Crippen LogP contribution < -0.4 is 10.6 Å². The summed E-state index contributed by atoms with van der Waals surface area (Å²) in [5, 5.41) is 6.28. The van der Waals surface area contributed by atoms with E-state index in [9.17, 15) is 9.59 Å². The molecule has 0 radical (unpaired) electrons. The highest BCUT2D eigenvalue weighted by Crippen LogP contribution is 2.21. The van der Waals surface area contributed by atoms with Crippen molar-refractivity contribution >= 4 is 41.8 Å². The molecular weight excluding hydrogens is 507 g/mol. The van der Waals surface area contributed by atoms with E-state index < -0.39 is 0 Å². The molecule has 0 spiro atoms. The summed E-state index contributed by atoms with van der Waals surface area (Å²) in [6.07, 6.45) is 1.22. The Hall–Kier alpha value is -1.10. The van der Waals surface area contributed by atoms with Gasteiger partial charge in [0, 0.05) is 64.8 Å². The van der Waals surface area contributed by atoms with E-state index >= 15 is 0 Å². The van der Waals surface area contributed by atoms with Crippen molar-refractivity contribution in [3.8, 4) is 0 Å². The van der Waals surface area contributed by atoms with Crippen molar-refractivity contribution in [1.29, 1.82) is 0 Å². The third-order valence-electron chi connectivity index (χ3n) is 5.84. The zero-order valence-corrected chi connectivity index (χ0v) is 22.6. The lowest BCUT2D eigenvalue weighted by Gasteiger charge is -2.39. The standard InChI is InChI=1S/C22H42N6O2.HI/c1-17-13-18(2)15-28(14-17)19(29)16-26-9-11-27(12-10-26)21(23-6)25-8-7-24-20(30)22(3,4)5;/h17-18H,7-16H2,1-6H3,(H,23,25)(H,24,30);1H. The second kappa shape index (κ2) is 12.8. The van der Waals surface area contributed by atoms with Gasteiger partial charge in [-0.1, -0.05) is 34.6 Å². The molecule has 2 rings (SSSR count). The van der Waals surface area contributed by atoms with Gasteiger partial charge in [0.15, 0.2) is 5.96 Å². The number of nitrogens with one attached hydrogen (secondary N) is 2. The quantitative estimate of drug-likeness (QED) is 0.235. The van der Waals surface area contributed by atoms with Crippen LogP contribution in [0.5, 0.6) is 0 Å².